The molecule has 0 radical (unpaired) electrons. The summed E-state index contributed by atoms with van der Waals surface area (Å²) in [6.07, 6.45) is 1.23. The molecule has 2 aromatic rings. The number of fused-ring (bicyclic) bond motifs is 1. The van der Waals surface area contributed by atoms with Crippen LogP contribution in [0.1, 0.15) is 55.3 Å². The first-order valence-electron chi connectivity index (χ1n) is 9.65. The fourth-order valence-electron chi connectivity index (χ4n) is 4.53. The molecule has 2 unspecified atom stereocenters. The first-order valence-corrected chi connectivity index (χ1v) is 9.65. The smallest absolute Gasteiger partial charge is 0.232 e. The van der Waals surface area contributed by atoms with Gasteiger partial charge in [-0.05, 0) is 42.9 Å². The minimum Gasteiger partial charge on any atom is -0.493 e. The first kappa shape index (κ1) is 18.6. The van der Waals surface area contributed by atoms with E-state index in [0.717, 1.165) is 34.5 Å². The fourth-order valence-corrected chi connectivity index (χ4v) is 4.53. The normalized spacial score (nSPS) is 21.3. The van der Waals surface area contributed by atoms with Crippen molar-refractivity contribution in [1.82, 2.24) is 5.16 Å². The van der Waals surface area contributed by atoms with Crippen LogP contribution in [0.15, 0.2) is 34.0 Å². The molecule has 0 fully saturated rings. The van der Waals surface area contributed by atoms with Gasteiger partial charge in [-0.3, -0.25) is 4.79 Å². The Morgan fingerprint density at radius 2 is 1.93 bits per heavy atom. The average Bonchev–Trinajstić information content (AvgIpc) is 3.05. The molecule has 2 heterocycles. The molecule has 0 saturated heterocycles. The number of ether oxygens (including phenoxy) is 2. The number of methoxy groups -OCH3 is 2. The second-order valence-corrected chi connectivity index (χ2v) is 7.89. The number of allylic oxidation sites excluding steroid dienone is 2. The number of carbonyl (C=O) groups excluding carboxylic acids is 1. The lowest BCUT2D eigenvalue weighted by Gasteiger charge is -2.36. The molecule has 1 aromatic carbocycles. The van der Waals surface area contributed by atoms with E-state index in [1.54, 1.807) is 14.2 Å². The number of aromatic nitrogens is 1. The maximum Gasteiger partial charge on any atom is 0.232 e. The lowest BCUT2D eigenvalue weighted by Crippen LogP contribution is -2.31. The topological polar surface area (TPSA) is 73.6 Å². The van der Waals surface area contributed by atoms with Crippen LogP contribution >= 0.6 is 0 Å². The number of aryl methyl sites for hydroxylation is 1. The fraction of sp³-hybridized carbons (Fsp3) is 0.455. The number of nitrogens with one attached hydrogen (secondary N) is 1. The Hall–Kier alpha value is -2.76. The molecule has 0 saturated carbocycles. The second kappa shape index (κ2) is 7.00. The van der Waals surface area contributed by atoms with Crippen molar-refractivity contribution in [2.24, 2.45) is 5.92 Å². The largest absolute Gasteiger partial charge is 0.493 e. The van der Waals surface area contributed by atoms with E-state index in [2.05, 4.69) is 24.3 Å². The molecule has 148 valence electrons. The highest BCUT2D eigenvalue weighted by molar-refractivity contribution is 6.00. The molecule has 2 aliphatic rings. The highest BCUT2D eigenvalue weighted by Crippen LogP contribution is 2.49. The lowest BCUT2D eigenvalue weighted by molar-refractivity contribution is -0.116. The molecule has 1 aliphatic carbocycles. The van der Waals surface area contributed by atoms with Crippen molar-refractivity contribution in [2.75, 3.05) is 19.5 Å². The monoisotopic (exact) mass is 382 g/mol. The summed E-state index contributed by atoms with van der Waals surface area (Å²) in [6.45, 7) is 6.22. The van der Waals surface area contributed by atoms with Gasteiger partial charge in [0.2, 0.25) is 5.88 Å². The van der Waals surface area contributed by atoms with E-state index < -0.39 is 0 Å². The van der Waals surface area contributed by atoms with Gasteiger partial charge in [0, 0.05) is 29.2 Å². The van der Waals surface area contributed by atoms with Crippen LogP contribution in [-0.4, -0.2) is 25.2 Å². The molecule has 28 heavy (non-hydrogen) atoms. The summed E-state index contributed by atoms with van der Waals surface area (Å²) >= 11 is 0. The van der Waals surface area contributed by atoms with Crippen LogP contribution in [0.3, 0.4) is 0 Å². The van der Waals surface area contributed by atoms with Crippen molar-refractivity contribution in [1.29, 1.82) is 0 Å². The van der Waals surface area contributed by atoms with Gasteiger partial charge >= 0.3 is 0 Å². The third-order valence-corrected chi connectivity index (χ3v) is 5.85. The van der Waals surface area contributed by atoms with Crippen molar-refractivity contribution >= 4 is 11.7 Å². The predicted molar refractivity (Wildman–Crippen MR) is 106 cm³/mol. The predicted octanol–water partition coefficient (Wildman–Crippen LogP) is 4.57. The molecular weight excluding hydrogens is 356 g/mol. The first-order chi connectivity index (χ1) is 13.4. The van der Waals surface area contributed by atoms with Crippen molar-refractivity contribution in [3.63, 3.8) is 0 Å². The second-order valence-electron chi connectivity index (χ2n) is 7.89. The maximum absolute atomic E-state index is 13.2. The van der Waals surface area contributed by atoms with E-state index in [9.17, 15) is 4.79 Å². The van der Waals surface area contributed by atoms with E-state index >= 15 is 0 Å². The molecule has 6 heteroatoms. The molecule has 0 spiro atoms. The molecule has 1 aromatic heterocycles. The standard InChI is InChI=1S/C22H26N2O4/c1-11(2)19-20-12(3)24-28-22(20)23-15-8-14(9-16(25)21(15)19)13-6-7-17(26-4)18(10-13)27-5/h6-7,10-11,14,19,23H,8-9H2,1-5H3. The van der Waals surface area contributed by atoms with Crippen LogP contribution in [0.5, 0.6) is 11.5 Å². The maximum atomic E-state index is 13.2. The summed E-state index contributed by atoms with van der Waals surface area (Å²) in [7, 11) is 3.24. The Balaban J connectivity index is 1.72. The third-order valence-electron chi connectivity index (χ3n) is 5.85. The van der Waals surface area contributed by atoms with Gasteiger partial charge in [0.05, 0.1) is 19.9 Å². The zero-order chi connectivity index (χ0) is 20.0. The Kier molecular flexibility index (Phi) is 4.65. The van der Waals surface area contributed by atoms with Gasteiger partial charge in [-0.2, -0.15) is 0 Å². The highest BCUT2D eigenvalue weighted by Gasteiger charge is 2.41. The van der Waals surface area contributed by atoms with Gasteiger partial charge in [0.1, 0.15) is 0 Å². The van der Waals surface area contributed by atoms with Crippen molar-refractivity contribution in [2.45, 2.75) is 45.4 Å². The number of hydrogen-bond donors (Lipinski definition) is 1. The molecule has 0 amide bonds. The molecule has 6 nitrogen and oxygen atoms in total. The van der Waals surface area contributed by atoms with E-state index in [0.29, 0.717) is 23.8 Å². The number of carbonyl (C=O) groups is 1. The van der Waals surface area contributed by atoms with Crippen LogP contribution in [0.4, 0.5) is 5.88 Å². The number of rotatable bonds is 4. The van der Waals surface area contributed by atoms with E-state index in [1.165, 1.54) is 0 Å². The van der Waals surface area contributed by atoms with Crippen molar-refractivity contribution in [3.05, 3.63) is 46.3 Å². The zero-order valence-corrected chi connectivity index (χ0v) is 17.0. The molecule has 1 aliphatic heterocycles. The zero-order valence-electron chi connectivity index (χ0n) is 17.0. The quantitative estimate of drug-likeness (QED) is 0.835. The van der Waals surface area contributed by atoms with E-state index in [-0.39, 0.29) is 23.5 Å². The van der Waals surface area contributed by atoms with Crippen LogP contribution in [0.2, 0.25) is 0 Å². The molecule has 4 rings (SSSR count). The minimum absolute atomic E-state index is 0.0244. The number of nitrogens with zero attached hydrogens (tertiary/aromatic N) is 1. The summed E-state index contributed by atoms with van der Waals surface area (Å²) in [5, 5.41) is 7.49. The minimum atomic E-state index is 0.0244. The van der Waals surface area contributed by atoms with Crippen molar-refractivity contribution in [3.8, 4) is 11.5 Å². The van der Waals surface area contributed by atoms with Crippen LogP contribution in [0, 0.1) is 12.8 Å². The Bertz CT molecular complexity index is 957. The summed E-state index contributed by atoms with van der Waals surface area (Å²) in [4.78, 5) is 13.2. The Morgan fingerprint density at radius 1 is 1.18 bits per heavy atom. The number of hydrogen-bond acceptors (Lipinski definition) is 6. The van der Waals surface area contributed by atoms with Gasteiger partial charge in [-0.15, -0.1) is 0 Å². The molecule has 2 atom stereocenters. The molecule has 0 bridgehead atoms. The molecule has 1 N–H and O–H groups in total. The third kappa shape index (κ3) is 2.87. The number of anilines is 1. The summed E-state index contributed by atoms with van der Waals surface area (Å²) in [5.41, 5.74) is 4.79. The van der Waals surface area contributed by atoms with E-state index in [1.807, 2.05) is 25.1 Å². The van der Waals surface area contributed by atoms with Gasteiger partial charge in [-0.25, -0.2) is 0 Å². The van der Waals surface area contributed by atoms with Gasteiger partial charge in [0.25, 0.3) is 0 Å². The number of Topliss-reactive ketones (excluding diaryl/α,β-unsaturated/α-hetero) is 1. The van der Waals surface area contributed by atoms with Gasteiger partial charge in [-0.1, -0.05) is 25.1 Å². The highest BCUT2D eigenvalue weighted by atomic mass is 16.5. The lowest BCUT2D eigenvalue weighted by atomic mass is 9.71. The summed E-state index contributed by atoms with van der Waals surface area (Å²) < 4.78 is 16.3. The van der Waals surface area contributed by atoms with Crippen molar-refractivity contribution < 1.29 is 18.8 Å². The van der Waals surface area contributed by atoms with Crippen LogP contribution in [0.25, 0.3) is 0 Å². The summed E-state index contributed by atoms with van der Waals surface area (Å²) in [6, 6.07) is 5.87. The van der Waals surface area contributed by atoms with Crippen LogP contribution in [-0.2, 0) is 4.79 Å². The Labute approximate surface area is 164 Å². The SMILES string of the molecule is COc1ccc(C2CC(=O)C3=C(C2)Nc2onc(C)c2C3C(C)C)cc1OC. The van der Waals surface area contributed by atoms with E-state index in [4.69, 9.17) is 14.0 Å². The molecular formula is C22H26N2O4. The summed E-state index contributed by atoms with van der Waals surface area (Å²) in [5.74, 6) is 2.62. The Morgan fingerprint density at radius 3 is 2.61 bits per heavy atom. The van der Waals surface area contributed by atoms with Gasteiger partial charge < -0.3 is 19.3 Å². The number of ketones is 1. The van der Waals surface area contributed by atoms with Gasteiger partial charge in [0.15, 0.2) is 17.3 Å². The average molecular weight is 382 g/mol. The number of benzene rings is 1. The van der Waals surface area contributed by atoms with Crippen LogP contribution < -0.4 is 14.8 Å².